The molecule has 4 heteroatoms. The van der Waals surface area contributed by atoms with E-state index in [1.54, 1.807) is 7.11 Å². The zero-order valence-corrected chi connectivity index (χ0v) is 13.4. The zero-order valence-electron chi connectivity index (χ0n) is 12.6. The van der Waals surface area contributed by atoms with Gasteiger partial charge in [0.25, 0.3) is 0 Å². The molecule has 3 unspecified atom stereocenters. The molecule has 0 bridgehead atoms. The summed E-state index contributed by atoms with van der Waals surface area (Å²) in [6.45, 7) is 7.49. The summed E-state index contributed by atoms with van der Waals surface area (Å²) in [7, 11) is 1.63. The number of halogens is 1. The maximum atomic E-state index is 6.24. The molecule has 112 valence electrons. The minimum atomic E-state index is 0.244. The maximum absolute atomic E-state index is 6.24. The number of nitrogens with zero attached hydrogens (tertiary/aromatic N) is 1. The Labute approximate surface area is 127 Å². The standard InChI is InChI=1S/C16H25ClN2O/c1-11-6-7-19(10-12(11)2)15(9-18)13-4-5-16(20-3)14(17)8-13/h4-5,8,11-12,15H,6-7,9-10,18H2,1-3H3. The topological polar surface area (TPSA) is 38.5 Å². The third-order valence-corrected chi connectivity index (χ3v) is 4.89. The lowest BCUT2D eigenvalue weighted by molar-refractivity contribution is 0.0983. The van der Waals surface area contributed by atoms with Gasteiger partial charge in [0.1, 0.15) is 5.75 Å². The van der Waals surface area contributed by atoms with Crippen molar-refractivity contribution < 1.29 is 4.74 Å². The van der Waals surface area contributed by atoms with Crippen LogP contribution < -0.4 is 10.5 Å². The summed E-state index contributed by atoms with van der Waals surface area (Å²) in [5.74, 6) is 2.22. The van der Waals surface area contributed by atoms with Gasteiger partial charge in [0.15, 0.2) is 0 Å². The van der Waals surface area contributed by atoms with Crippen LogP contribution in [0.3, 0.4) is 0 Å². The Morgan fingerprint density at radius 1 is 1.40 bits per heavy atom. The first-order valence-corrected chi connectivity index (χ1v) is 7.72. The van der Waals surface area contributed by atoms with Gasteiger partial charge in [-0.25, -0.2) is 0 Å². The second kappa shape index (κ2) is 6.79. The predicted molar refractivity (Wildman–Crippen MR) is 84.3 cm³/mol. The molecule has 1 fully saturated rings. The molecule has 0 radical (unpaired) electrons. The van der Waals surface area contributed by atoms with Crippen LogP contribution in [0.25, 0.3) is 0 Å². The highest BCUT2D eigenvalue weighted by atomic mass is 35.5. The Morgan fingerprint density at radius 2 is 2.15 bits per heavy atom. The summed E-state index contributed by atoms with van der Waals surface area (Å²) >= 11 is 6.24. The SMILES string of the molecule is COc1ccc(C(CN)N2CCC(C)C(C)C2)cc1Cl. The summed E-state index contributed by atoms with van der Waals surface area (Å²) in [5.41, 5.74) is 7.20. The Morgan fingerprint density at radius 3 is 2.70 bits per heavy atom. The van der Waals surface area contributed by atoms with Gasteiger partial charge in [-0.2, -0.15) is 0 Å². The lowest BCUT2D eigenvalue weighted by atomic mass is 9.87. The van der Waals surface area contributed by atoms with Crippen molar-refractivity contribution in [1.82, 2.24) is 4.90 Å². The van der Waals surface area contributed by atoms with Gasteiger partial charge in [0.05, 0.1) is 12.1 Å². The minimum absolute atomic E-state index is 0.244. The Balaban J connectivity index is 2.17. The molecule has 1 saturated heterocycles. The minimum Gasteiger partial charge on any atom is -0.495 e. The molecule has 1 heterocycles. The number of ether oxygens (including phenoxy) is 1. The number of hydrogen-bond acceptors (Lipinski definition) is 3. The molecule has 0 spiro atoms. The van der Waals surface area contributed by atoms with Gasteiger partial charge in [-0.3, -0.25) is 4.90 Å². The molecule has 3 nitrogen and oxygen atoms in total. The van der Waals surface area contributed by atoms with E-state index in [-0.39, 0.29) is 6.04 Å². The van der Waals surface area contributed by atoms with Gasteiger partial charge >= 0.3 is 0 Å². The number of likely N-dealkylation sites (tertiary alicyclic amines) is 1. The van der Waals surface area contributed by atoms with Crippen molar-refractivity contribution in [2.45, 2.75) is 26.3 Å². The van der Waals surface area contributed by atoms with Crippen molar-refractivity contribution in [1.29, 1.82) is 0 Å². The van der Waals surface area contributed by atoms with E-state index >= 15 is 0 Å². The van der Waals surface area contributed by atoms with Crippen molar-refractivity contribution in [3.63, 3.8) is 0 Å². The molecule has 2 rings (SSSR count). The smallest absolute Gasteiger partial charge is 0.137 e. The van der Waals surface area contributed by atoms with E-state index in [9.17, 15) is 0 Å². The number of piperidine rings is 1. The maximum Gasteiger partial charge on any atom is 0.137 e. The third-order valence-electron chi connectivity index (χ3n) is 4.59. The van der Waals surface area contributed by atoms with Crippen LogP contribution in [-0.4, -0.2) is 31.6 Å². The predicted octanol–water partition coefficient (Wildman–Crippen LogP) is 3.33. The van der Waals surface area contributed by atoms with E-state index in [2.05, 4.69) is 24.8 Å². The molecule has 1 aromatic rings. The first-order chi connectivity index (χ1) is 9.56. The molecule has 1 aliphatic heterocycles. The normalized spacial score (nSPS) is 25.4. The molecule has 0 aromatic heterocycles. The molecular formula is C16H25ClN2O. The van der Waals surface area contributed by atoms with Crippen LogP contribution in [0.1, 0.15) is 31.9 Å². The first-order valence-electron chi connectivity index (χ1n) is 7.34. The van der Waals surface area contributed by atoms with Crippen LogP contribution in [0, 0.1) is 11.8 Å². The van der Waals surface area contributed by atoms with Gasteiger partial charge in [-0.1, -0.05) is 31.5 Å². The van der Waals surface area contributed by atoms with Crippen LogP contribution in [0.5, 0.6) is 5.75 Å². The van der Waals surface area contributed by atoms with Crippen LogP contribution in [0.2, 0.25) is 5.02 Å². The largest absolute Gasteiger partial charge is 0.495 e. The molecule has 0 amide bonds. The van der Waals surface area contributed by atoms with Crippen molar-refractivity contribution >= 4 is 11.6 Å². The van der Waals surface area contributed by atoms with E-state index in [4.69, 9.17) is 22.1 Å². The molecule has 0 aliphatic carbocycles. The summed E-state index contributed by atoms with van der Waals surface area (Å²) in [5, 5.41) is 0.655. The average molecular weight is 297 g/mol. The number of rotatable bonds is 4. The fourth-order valence-corrected chi connectivity index (χ4v) is 3.23. The molecular weight excluding hydrogens is 272 g/mol. The lowest BCUT2D eigenvalue weighted by Crippen LogP contribution is -2.43. The van der Waals surface area contributed by atoms with Gasteiger partial charge in [-0.15, -0.1) is 0 Å². The number of nitrogens with two attached hydrogens (primary N) is 1. The Kier molecular flexibility index (Phi) is 5.30. The summed E-state index contributed by atoms with van der Waals surface area (Å²) in [6.07, 6.45) is 1.24. The molecule has 3 atom stereocenters. The summed E-state index contributed by atoms with van der Waals surface area (Å²) in [4.78, 5) is 2.49. The fraction of sp³-hybridized carbons (Fsp3) is 0.625. The van der Waals surface area contributed by atoms with Crippen molar-refractivity contribution in [2.24, 2.45) is 17.6 Å². The lowest BCUT2D eigenvalue weighted by Gasteiger charge is -2.40. The molecule has 20 heavy (non-hydrogen) atoms. The van der Waals surface area contributed by atoms with Crippen molar-refractivity contribution in [3.8, 4) is 5.75 Å². The van der Waals surface area contributed by atoms with E-state index in [0.29, 0.717) is 23.2 Å². The summed E-state index contributed by atoms with van der Waals surface area (Å²) in [6, 6.07) is 6.23. The second-order valence-corrected chi connectivity index (χ2v) is 6.29. The monoisotopic (exact) mass is 296 g/mol. The van der Waals surface area contributed by atoms with E-state index in [0.717, 1.165) is 19.0 Å². The van der Waals surface area contributed by atoms with Crippen molar-refractivity contribution in [2.75, 3.05) is 26.7 Å². The van der Waals surface area contributed by atoms with Crippen molar-refractivity contribution in [3.05, 3.63) is 28.8 Å². The van der Waals surface area contributed by atoms with Gasteiger partial charge in [0.2, 0.25) is 0 Å². The van der Waals surface area contributed by atoms with Gasteiger partial charge in [0, 0.05) is 19.1 Å². The van der Waals surface area contributed by atoms with E-state index in [1.807, 2.05) is 12.1 Å². The molecule has 2 N–H and O–H groups in total. The van der Waals surface area contributed by atoms with Gasteiger partial charge in [-0.05, 0) is 42.5 Å². The Bertz CT molecular complexity index is 452. The number of methoxy groups -OCH3 is 1. The molecule has 1 aromatic carbocycles. The van der Waals surface area contributed by atoms with E-state index in [1.165, 1.54) is 12.0 Å². The Hall–Kier alpha value is -0.770. The van der Waals surface area contributed by atoms with Crippen LogP contribution >= 0.6 is 11.6 Å². The molecule has 1 aliphatic rings. The van der Waals surface area contributed by atoms with Crippen LogP contribution in [0.4, 0.5) is 0 Å². The quantitative estimate of drug-likeness (QED) is 0.926. The summed E-state index contributed by atoms with van der Waals surface area (Å²) < 4.78 is 5.21. The van der Waals surface area contributed by atoms with Gasteiger partial charge < -0.3 is 10.5 Å². The van der Waals surface area contributed by atoms with Crippen LogP contribution in [-0.2, 0) is 0 Å². The van der Waals surface area contributed by atoms with Crippen LogP contribution in [0.15, 0.2) is 18.2 Å². The number of benzene rings is 1. The third kappa shape index (κ3) is 3.27. The zero-order chi connectivity index (χ0) is 14.7. The average Bonchev–Trinajstić information content (AvgIpc) is 2.44. The highest BCUT2D eigenvalue weighted by Crippen LogP contribution is 2.32. The highest BCUT2D eigenvalue weighted by Gasteiger charge is 2.28. The second-order valence-electron chi connectivity index (χ2n) is 5.88. The highest BCUT2D eigenvalue weighted by molar-refractivity contribution is 6.32. The molecule has 0 saturated carbocycles. The first kappa shape index (κ1) is 15.6. The fourth-order valence-electron chi connectivity index (χ4n) is 2.96. The number of hydrogen-bond donors (Lipinski definition) is 1. The van der Waals surface area contributed by atoms with E-state index < -0.39 is 0 Å².